The van der Waals surface area contributed by atoms with E-state index in [1.54, 1.807) is 35.2 Å². The van der Waals surface area contributed by atoms with Crippen molar-refractivity contribution in [2.24, 2.45) is 5.73 Å². The number of rotatable bonds is 3. The lowest BCUT2D eigenvalue weighted by Gasteiger charge is -2.16. The Hall–Kier alpha value is -2.18. The number of nitrogens with zero attached hydrogens (tertiary/aromatic N) is 1. The van der Waals surface area contributed by atoms with E-state index in [4.69, 9.17) is 5.73 Å². The van der Waals surface area contributed by atoms with Gasteiger partial charge in [-0.25, -0.2) is 0 Å². The summed E-state index contributed by atoms with van der Waals surface area (Å²) >= 11 is 1.38. The Morgan fingerprint density at radius 2 is 2.14 bits per heavy atom. The molecule has 0 radical (unpaired) electrons. The average Bonchev–Trinajstić information content (AvgIpc) is 3.18. The van der Waals surface area contributed by atoms with E-state index < -0.39 is 0 Å². The molecular formula is C16H17N3O2S. The third kappa shape index (κ3) is 3.18. The van der Waals surface area contributed by atoms with Crippen LogP contribution in [-0.2, 0) is 0 Å². The molecule has 3 N–H and O–H groups in total. The highest BCUT2D eigenvalue weighted by Gasteiger charge is 2.24. The summed E-state index contributed by atoms with van der Waals surface area (Å²) in [6, 6.07) is 10.7. The van der Waals surface area contributed by atoms with Crippen LogP contribution in [0.1, 0.15) is 26.5 Å². The van der Waals surface area contributed by atoms with E-state index in [0.717, 1.165) is 6.42 Å². The highest BCUT2D eigenvalue weighted by atomic mass is 32.1. The van der Waals surface area contributed by atoms with Crippen molar-refractivity contribution in [3.05, 3.63) is 52.2 Å². The molecule has 1 fully saturated rings. The molecule has 22 heavy (non-hydrogen) atoms. The third-order valence-corrected chi connectivity index (χ3v) is 4.49. The molecular weight excluding hydrogens is 298 g/mol. The third-order valence-electron chi connectivity index (χ3n) is 3.62. The Morgan fingerprint density at radius 3 is 2.82 bits per heavy atom. The summed E-state index contributed by atoms with van der Waals surface area (Å²) in [7, 11) is 0. The number of thiophene rings is 1. The Kier molecular flexibility index (Phi) is 4.22. The highest BCUT2D eigenvalue weighted by Crippen LogP contribution is 2.18. The molecule has 1 aliphatic heterocycles. The van der Waals surface area contributed by atoms with Crippen molar-refractivity contribution in [1.82, 2.24) is 4.90 Å². The van der Waals surface area contributed by atoms with Crippen LogP contribution in [0.4, 0.5) is 5.69 Å². The van der Waals surface area contributed by atoms with Crippen molar-refractivity contribution >= 4 is 28.8 Å². The fourth-order valence-electron chi connectivity index (χ4n) is 2.48. The van der Waals surface area contributed by atoms with Gasteiger partial charge in [-0.05, 0) is 36.1 Å². The van der Waals surface area contributed by atoms with Crippen LogP contribution in [0.5, 0.6) is 0 Å². The summed E-state index contributed by atoms with van der Waals surface area (Å²) < 4.78 is 0. The van der Waals surface area contributed by atoms with Gasteiger partial charge in [0.25, 0.3) is 11.8 Å². The van der Waals surface area contributed by atoms with Crippen molar-refractivity contribution in [3.8, 4) is 0 Å². The van der Waals surface area contributed by atoms with Gasteiger partial charge in [-0.1, -0.05) is 12.1 Å². The van der Waals surface area contributed by atoms with Gasteiger partial charge in [0.05, 0.1) is 4.88 Å². The Bertz CT molecular complexity index is 684. The quantitative estimate of drug-likeness (QED) is 0.911. The predicted octanol–water partition coefficient (Wildman–Crippen LogP) is 2.17. The van der Waals surface area contributed by atoms with Gasteiger partial charge in [0.15, 0.2) is 0 Å². The number of benzene rings is 1. The van der Waals surface area contributed by atoms with Gasteiger partial charge >= 0.3 is 0 Å². The largest absolute Gasteiger partial charge is 0.337 e. The Labute approximate surface area is 132 Å². The fourth-order valence-corrected chi connectivity index (χ4v) is 3.10. The minimum Gasteiger partial charge on any atom is -0.337 e. The van der Waals surface area contributed by atoms with Crippen molar-refractivity contribution in [3.63, 3.8) is 0 Å². The van der Waals surface area contributed by atoms with Crippen molar-refractivity contribution in [2.75, 3.05) is 18.4 Å². The first-order valence-electron chi connectivity index (χ1n) is 7.13. The lowest BCUT2D eigenvalue weighted by molar-refractivity contribution is 0.0790. The lowest BCUT2D eigenvalue weighted by atomic mass is 10.1. The molecule has 0 spiro atoms. The summed E-state index contributed by atoms with van der Waals surface area (Å²) in [5.74, 6) is -0.206. The van der Waals surface area contributed by atoms with Crippen molar-refractivity contribution in [1.29, 1.82) is 0 Å². The number of nitrogens with two attached hydrogens (primary N) is 1. The normalized spacial score (nSPS) is 17.5. The minimum absolute atomic E-state index is 0.0415. The van der Waals surface area contributed by atoms with Crippen LogP contribution in [0, 0.1) is 0 Å². The standard InChI is InChI=1S/C16H17N3O2S/c17-12-6-7-19(10-12)16(21)11-3-1-4-13(9-11)18-15(20)14-5-2-8-22-14/h1-5,8-9,12H,6-7,10,17H2,(H,18,20)/t12-/m1/s1. The number of nitrogens with one attached hydrogen (secondary N) is 1. The molecule has 1 saturated heterocycles. The van der Waals surface area contributed by atoms with Crippen LogP contribution in [0.2, 0.25) is 0 Å². The Balaban J connectivity index is 1.72. The summed E-state index contributed by atoms with van der Waals surface area (Å²) in [6.45, 7) is 1.27. The minimum atomic E-state index is -0.164. The topological polar surface area (TPSA) is 75.4 Å². The second kappa shape index (κ2) is 6.29. The van der Waals surface area contributed by atoms with E-state index in [2.05, 4.69) is 5.32 Å². The van der Waals surface area contributed by atoms with E-state index in [-0.39, 0.29) is 17.9 Å². The molecule has 0 bridgehead atoms. The van der Waals surface area contributed by atoms with Gasteiger partial charge in [0, 0.05) is 30.4 Å². The lowest BCUT2D eigenvalue weighted by Crippen LogP contribution is -2.31. The van der Waals surface area contributed by atoms with Crippen LogP contribution in [0.15, 0.2) is 41.8 Å². The average molecular weight is 315 g/mol. The number of carbonyl (C=O) groups excluding carboxylic acids is 2. The first-order chi connectivity index (χ1) is 10.6. The van der Waals surface area contributed by atoms with Crippen molar-refractivity contribution in [2.45, 2.75) is 12.5 Å². The molecule has 0 aliphatic carbocycles. The summed E-state index contributed by atoms with van der Waals surface area (Å²) in [4.78, 5) is 26.9. The zero-order valence-electron chi connectivity index (χ0n) is 12.0. The van der Waals surface area contributed by atoms with E-state index in [9.17, 15) is 9.59 Å². The van der Waals surface area contributed by atoms with Crippen molar-refractivity contribution < 1.29 is 9.59 Å². The molecule has 114 valence electrons. The number of hydrogen-bond acceptors (Lipinski definition) is 4. The number of anilines is 1. The van der Waals surface area contributed by atoms with Gasteiger partial charge < -0.3 is 16.0 Å². The molecule has 1 aliphatic rings. The molecule has 6 heteroatoms. The molecule has 0 unspecified atom stereocenters. The second-order valence-electron chi connectivity index (χ2n) is 5.31. The Morgan fingerprint density at radius 1 is 1.27 bits per heavy atom. The van der Waals surface area contributed by atoms with Gasteiger partial charge in [0.2, 0.25) is 0 Å². The summed E-state index contributed by atoms with van der Waals surface area (Å²) in [6.07, 6.45) is 0.834. The van der Waals surface area contributed by atoms with Crippen LogP contribution < -0.4 is 11.1 Å². The van der Waals surface area contributed by atoms with Crippen LogP contribution in [-0.4, -0.2) is 35.8 Å². The first-order valence-corrected chi connectivity index (χ1v) is 8.01. The van der Waals surface area contributed by atoms with Gasteiger partial charge in [0.1, 0.15) is 0 Å². The zero-order valence-corrected chi connectivity index (χ0v) is 12.8. The summed E-state index contributed by atoms with van der Waals surface area (Å²) in [5.41, 5.74) is 7.03. The van der Waals surface area contributed by atoms with E-state index >= 15 is 0 Å². The molecule has 5 nitrogen and oxygen atoms in total. The van der Waals surface area contributed by atoms with Gasteiger partial charge in [-0.15, -0.1) is 11.3 Å². The maximum absolute atomic E-state index is 12.4. The van der Waals surface area contributed by atoms with E-state index in [1.807, 2.05) is 11.4 Å². The van der Waals surface area contributed by atoms with Crippen LogP contribution in [0.3, 0.4) is 0 Å². The van der Waals surface area contributed by atoms with E-state index in [0.29, 0.717) is 29.2 Å². The SMILES string of the molecule is N[C@@H]1CCN(C(=O)c2cccc(NC(=O)c3cccs3)c2)C1. The maximum atomic E-state index is 12.4. The molecule has 2 aromatic rings. The molecule has 1 aromatic heterocycles. The maximum Gasteiger partial charge on any atom is 0.265 e. The van der Waals surface area contributed by atoms with Gasteiger partial charge in [-0.3, -0.25) is 9.59 Å². The number of likely N-dealkylation sites (tertiary alicyclic amines) is 1. The molecule has 2 amide bonds. The molecule has 1 aromatic carbocycles. The molecule has 3 rings (SSSR count). The first kappa shape index (κ1) is 14.7. The number of carbonyl (C=O) groups is 2. The fraction of sp³-hybridized carbons (Fsp3) is 0.250. The predicted molar refractivity (Wildman–Crippen MR) is 87.2 cm³/mol. The van der Waals surface area contributed by atoms with Gasteiger partial charge in [-0.2, -0.15) is 0 Å². The monoisotopic (exact) mass is 315 g/mol. The highest BCUT2D eigenvalue weighted by molar-refractivity contribution is 7.12. The summed E-state index contributed by atoms with van der Waals surface area (Å²) in [5, 5.41) is 4.67. The van der Waals surface area contributed by atoms with E-state index in [1.165, 1.54) is 11.3 Å². The van der Waals surface area contributed by atoms with Crippen LogP contribution in [0.25, 0.3) is 0 Å². The molecule has 2 heterocycles. The second-order valence-corrected chi connectivity index (χ2v) is 6.26. The molecule has 1 atom stereocenters. The van der Waals surface area contributed by atoms with Crippen LogP contribution >= 0.6 is 11.3 Å². The number of amides is 2. The zero-order chi connectivity index (χ0) is 15.5. The number of hydrogen-bond donors (Lipinski definition) is 2. The molecule has 0 saturated carbocycles. The smallest absolute Gasteiger partial charge is 0.265 e.